The molecule has 1 rings (SSSR count). The van der Waals surface area contributed by atoms with Gasteiger partial charge in [-0.2, -0.15) is 0 Å². The smallest absolute Gasteiger partial charge is 0.228 e. The van der Waals surface area contributed by atoms with E-state index < -0.39 is 12.1 Å². The zero-order valence-electron chi connectivity index (χ0n) is 6.92. The summed E-state index contributed by atoms with van der Waals surface area (Å²) in [5.74, 6) is -1.17. The molecule has 4 heteroatoms. The van der Waals surface area contributed by atoms with E-state index in [9.17, 15) is 4.79 Å². The molecule has 1 aliphatic rings. The Labute approximate surface area is 65.4 Å². The van der Waals surface area contributed by atoms with Gasteiger partial charge in [0.2, 0.25) is 5.79 Å². The van der Waals surface area contributed by atoms with Crippen molar-refractivity contribution in [3.63, 3.8) is 0 Å². The summed E-state index contributed by atoms with van der Waals surface area (Å²) in [7, 11) is 2.94. The molecule has 1 fully saturated rings. The highest BCUT2D eigenvalue weighted by molar-refractivity contribution is 5.87. The molecule has 64 valence electrons. The van der Waals surface area contributed by atoms with Gasteiger partial charge in [0.05, 0.1) is 6.42 Å². The lowest BCUT2D eigenvalue weighted by Gasteiger charge is -2.19. The summed E-state index contributed by atoms with van der Waals surface area (Å²) >= 11 is 0. The Kier molecular flexibility index (Phi) is 2.27. The number of ether oxygens (including phenoxy) is 3. The molecule has 1 aliphatic heterocycles. The SMILES string of the molecule is COC1CC(=O)C(C)(OC)O1. The van der Waals surface area contributed by atoms with E-state index >= 15 is 0 Å². The van der Waals surface area contributed by atoms with Crippen molar-refractivity contribution in [3.05, 3.63) is 0 Å². The predicted molar refractivity (Wildman–Crippen MR) is 36.9 cm³/mol. The van der Waals surface area contributed by atoms with Gasteiger partial charge in [0, 0.05) is 14.2 Å². The van der Waals surface area contributed by atoms with Gasteiger partial charge in [-0.05, 0) is 6.92 Å². The maximum absolute atomic E-state index is 11.2. The number of rotatable bonds is 2. The van der Waals surface area contributed by atoms with Gasteiger partial charge in [-0.25, -0.2) is 0 Å². The monoisotopic (exact) mass is 160 g/mol. The van der Waals surface area contributed by atoms with Gasteiger partial charge < -0.3 is 14.2 Å². The summed E-state index contributed by atoms with van der Waals surface area (Å²) < 4.78 is 14.9. The maximum atomic E-state index is 11.2. The highest BCUT2D eigenvalue weighted by Crippen LogP contribution is 2.27. The van der Waals surface area contributed by atoms with Crippen LogP contribution in [0.2, 0.25) is 0 Å². The average Bonchev–Trinajstić information content (AvgIpc) is 2.29. The summed E-state index contributed by atoms with van der Waals surface area (Å²) in [6.45, 7) is 1.59. The van der Waals surface area contributed by atoms with E-state index in [2.05, 4.69) is 0 Å². The highest BCUT2D eigenvalue weighted by atomic mass is 16.8. The van der Waals surface area contributed by atoms with E-state index in [1.54, 1.807) is 6.92 Å². The summed E-state index contributed by atoms with van der Waals surface area (Å²) in [4.78, 5) is 11.2. The molecule has 1 heterocycles. The molecule has 4 nitrogen and oxygen atoms in total. The van der Waals surface area contributed by atoms with Gasteiger partial charge in [0.15, 0.2) is 12.1 Å². The highest BCUT2D eigenvalue weighted by Gasteiger charge is 2.44. The number of hydrogen-bond acceptors (Lipinski definition) is 4. The Balaban J connectivity index is 2.65. The molecule has 0 radical (unpaired) electrons. The Hall–Kier alpha value is -0.450. The van der Waals surface area contributed by atoms with Crippen molar-refractivity contribution in [1.29, 1.82) is 0 Å². The van der Waals surface area contributed by atoms with Gasteiger partial charge >= 0.3 is 0 Å². The van der Waals surface area contributed by atoms with E-state index in [-0.39, 0.29) is 12.2 Å². The van der Waals surface area contributed by atoms with Crippen molar-refractivity contribution in [3.8, 4) is 0 Å². The Morgan fingerprint density at radius 3 is 2.55 bits per heavy atom. The molecule has 2 unspecified atom stereocenters. The van der Waals surface area contributed by atoms with Crippen molar-refractivity contribution in [2.24, 2.45) is 0 Å². The largest absolute Gasteiger partial charge is 0.355 e. The molecule has 0 aromatic heterocycles. The van der Waals surface area contributed by atoms with Gasteiger partial charge in [0.25, 0.3) is 0 Å². The van der Waals surface area contributed by atoms with Crippen molar-refractivity contribution in [2.45, 2.75) is 25.4 Å². The molecule has 0 aromatic carbocycles. The van der Waals surface area contributed by atoms with Crippen LogP contribution in [0.25, 0.3) is 0 Å². The molecular weight excluding hydrogens is 148 g/mol. The fourth-order valence-corrected chi connectivity index (χ4v) is 0.988. The molecule has 0 spiro atoms. The summed E-state index contributed by atoms with van der Waals surface area (Å²) in [5, 5.41) is 0. The average molecular weight is 160 g/mol. The number of hydrogen-bond donors (Lipinski definition) is 0. The third-order valence-corrected chi connectivity index (χ3v) is 1.87. The first-order chi connectivity index (χ1) is 5.12. The van der Waals surface area contributed by atoms with Crippen molar-refractivity contribution < 1.29 is 19.0 Å². The third kappa shape index (κ3) is 1.42. The van der Waals surface area contributed by atoms with Crippen molar-refractivity contribution in [2.75, 3.05) is 14.2 Å². The minimum absolute atomic E-state index is 0.0770. The van der Waals surface area contributed by atoms with Crippen LogP contribution in [0.4, 0.5) is 0 Å². The summed E-state index contributed by atoms with van der Waals surface area (Å²) in [6.07, 6.45) is -0.187. The number of Topliss-reactive ketones (excluding diaryl/α,β-unsaturated/α-hetero) is 1. The Morgan fingerprint density at radius 2 is 2.27 bits per heavy atom. The normalized spacial score (nSPS) is 38.1. The molecule has 0 N–H and O–H groups in total. The van der Waals surface area contributed by atoms with Crippen LogP contribution >= 0.6 is 0 Å². The standard InChI is InChI=1S/C7H12O4/c1-7(10-3)5(8)4-6(9-2)11-7/h6H,4H2,1-3H3. The van der Waals surface area contributed by atoms with E-state index in [1.165, 1.54) is 14.2 Å². The van der Waals surface area contributed by atoms with Crippen LogP contribution in [-0.2, 0) is 19.0 Å². The van der Waals surface area contributed by atoms with Crippen LogP contribution in [0.1, 0.15) is 13.3 Å². The van der Waals surface area contributed by atoms with E-state index in [4.69, 9.17) is 14.2 Å². The first-order valence-electron chi connectivity index (χ1n) is 3.41. The minimum Gasteiger partial charge on any atom is -0.355 e. The quantitative estimate of drug-likeness (QED) is 0.583. The first-order valence-corrected chi connectivity index (χ1v) is 3.41. The number of carbonyl (C=O) groups is 1. The zero-order chi connectivity index (χ0) is 8.48. The molecule has 0 aromatic rings. The number of carbonyl (C=O) groups excluding carboxylic acids is 1. The molecule has 2 atom stereocenters. The molecule has 11 heavy (non-hydrogen) atoms. The van der Waals surface area contributed by atoms with Gasteiger partial charge in [0.1, 0.15) is 0 Å². The fraction of sp³-hybridized carbons (Fsp3) is 0.857. The van der Waals surface area contributed by atoms with E-state index in [0.717, 1.165) is 0 Å². The van der Waals surface area contributed by atoms with Crippen molar-refractivity contribution in [1.82, 2.24) is 0 Å². The lowest BCUT2D eigenvalue weighted by Crippen LogP contribution is -2.34. The zero-order valence-corrected chi connectivity index (χ0v) is 6.92. The molecule has 0 amide bonds. The molecule has 0 bridgehead atoms. The van der Waals surface area contributed by atoms with Crippen LogP contribution in [0.15, 0.2) is 0 Å². The lowest BCUT2D eigenvalue weighted by molar-refractivity contribution is -0.240. The number of ketones is 1. The Morgan fingerprint density at radius 1 is 1.64 bits per heavy atom. The van der Waals surface area contributed by atoms with Gasteiger partial charge in [-0.3, -0.25) is 4.79 Å². The fourth-order valence-electron chi connectivity index (χ4n) is 0.988. The summed E-state index contributed by atoms with van der Waals surface area (Å²) in [5.41, 5.74) is 0. The molecule has 0 saturated carbocycles. The molecular formula is C7H12O4. The van der Waals surface area contributed by atoms with Gasteiger partial charge in [-0.15, -0.1) is 0 Å². The van der Waals surface area contributed by atoms with Gasteiger partial charge in [-0.1, -0.05) is 0 Å². The minimum atomic E-state index is -1.10. The van der Waals surface area contributed by atoms with Crippen LogP contribution in [0.5, 0.6) is 0 Å². The first kappa shape index (κ1) is 8.64. The topological polar surface area (TPSA) is 44.8 Å². The van der Waals surface area contributed by atoms with Crippen LogP contribution < -0.4 is 0 Å². The van der Waals surface area contributed by atoms with Crippen molar-refractivity contribution >= 4 is 5.78 Å². The second kappa shape index (κ2) is 2.89. The maximum Gasteiger partial charge on any atom is 0.228 e. The number of methoxy groups -OCH3 is 2. The Bertz CT molecular complexity index is 168. The van der Waals surface area contributed by atoms with Crippen LogP contribution in [0, 0.1) is 0 Å². The molecule has 1 saturated heterocycles. The summed E-state index contributed by atoms with van der Waals surface area (Å²) in [6, 6.07) is 0. The van der Waals surface area contributed by atoms with Crippen LogP contribution in [-0.4, -0.2) is 32.1 Å². The third-order valence-electron chi connectivity index (χ3n) is 1.87. The van der Waals surface area contributed by atoms with Crippen LogP contribution in [0.3, 0.4) is 0 Å². The second-order valence-electron chi connectivity index (χ2n) is 2.56. The molecule has 0 aliphatic carbocycles. The predicted octanol–water partition coefficient (Wildman–Crippen LogP) is 0.311. The lowest BCUT2D eigenvalue weighted by atomic mass is 10.2. The second-order valence-corrected chi connectivity index (χ2v) is 2.56. The van der Waals surface area contributed by atoms with E-state index in [0.29, 0.717) is 0 Å². The van der Waals surface area contributed by atoms with E-state index in [1.807, 2.05) is 0 Å².